The molecule has 0 aliphatic rings. The fourth-order valence-electron chi connectivity index (χ4n) is 1.68. The van der Waals surface area contributed by atoms with Crippen molar-refractivity contribution in [1.29, 1.82) is 0 Å². The zero-order chi connectivity index (χ0) is 13.7. The highest BCUT2D eigenvalue weighted by Gasteiger charge is 2.18. The van der Waals surface area contributed by atoms with Gasteiger partial charge >= 0.3 is 0 Å². The molecule has 0 saturated carbocycles. The normalized spacial score (nSPS) is 12.5. The highest BCUT2D eigenvalue weighted by atomic mass is 19.2. The van der Waals surface area contributed by atoms with Crippen LogP contribution >= 0.6 is 0 Å². The highest BCUT2D eigenvalue weighted by molar-refractivity contribution is 5.96. The Bertz CT molecular complexity index is 434. The summed E-state index contributed by atoms with van der Waals surface area (Å²) in [5.74, 6) is -4.58. The third kappa shape index (κ3) is 3.57. The molecule has 0 heterocycles. The molecule has 0 bridgehead atoms. The summed E-state index contributed by atoms with van der Waals surface area (Å²) in [5, 5.41) is 0. The number of benzene rings is 1. The maximum atomic E-state index is 13.3. The number of hydrogen-bond acceptors (Lipinski definition) is 2. The van der Waals surface area contributed by atoms with Crippen LogP contribution in [-0.2, 0) is 0 Å². The predicted molar refractivity (Wildman–Crippen MR) is 62.7 cm³/mol. The first-order valence-corrected chi connectivity index (χ1v) is 5.84. The Morgan fingerprint density at radius 3 is 2.50 bits per heavy atom. The Balaban J connectivity index is 2.71. The lowest BCUT2D eigenvalue weighted by molar-refractivity contribution is 0.0969. The Morgan fingerprint density at radius 1 is 1.22 bits per heavy atom. The van der Waals surface area contributed by atoms with E-state index < -0.39 is 28.8 Å². The van der Waals surface area contributed by atoms with Crippen molar-refractivity contribution in [2.75, 3.05) is 6.54 Å². The Hall–Kier alpha value is -1.36. The average molecular weight is 259 g/mol. The summed E-state index contributed by atoms with van der Waals surface area (Å²) in [6.45, 7) is 2.45. The summed E-state index contributed by atoms with van der Waals surface area (Å²) in [6, 6.07) is 1.73. The molecule has 0 aliphatic carbocycles. The second-order valence-corrected chi connectivity index (χ2v) is 4.37. The van der Waals surface area contributed by atoms with Crippen LogP contribution in [0.15, 0.2) is 12.1 Å². The van der Waals surface area contributed by atoms with Gasteiger partial charge in [0.1, 0.15) is 0 Å². The second kappa shape index (κ2) is 6.54. The van der Waals surface area contributed by atoms with Crippen molar-refractivity contribution in [2.45, 2.75) is 26.2 Å². The lowest BCUT2D eigenvalue weighted by atomic mass is 9.97. The minimum absolute atomic E-state index is 0.100. The Labute approximate surface area is 104 Å². The van der Waals surface area contributed by atoms with E-state index in [0.717, 1.165) is 18.6 Å². The molecule has 5 heteroatoms. The zero-order valence-corrected chi connectivity index (χ0v) is 10.2. The molecule has 1 atom stereocenters. The van der Waals surface area contributed by atoms with Crippen LogP contribution in [0.2, 0.25) is 0 Å². The summed E-state index contributed by atoms with van der Waals surface area (Å²) in [5.41, 5.74) is 4.98. The van der Waals surface area contributed by atoms with Crippen molar-refractivity contribution < 1.29 is 18.0 Å². The fraction of sp³-hybridized carbons (Fsp3) is 0.462. The largest absolute Gasteiger partial charge is 0.330 e. The highest BCUT2D eigenvalue weighted by Crippen LogP contribution is 2.19. The number of nitrogens with two attached hydrogens (primary N) is 1. The lowest BCUT2D eigenvalue weighted by Crippen LogP contribution is -2.10. The van der Waals surface area contributed by atoms with Gasteiger partial charge in [0.15, 0.2) is 23.2 Å². The summed E-state index contributed by atoms with van der Waals surface area (Å²) in [4.78, 5) is 11.7. The third-order valence-corrected chi connectivity index (χ3v) is 2.86. The molecular formula is C13H16F3NO. The monoisotopic (exact) mass is 259 g/mol. The van der Waals surface area contributed by atoms with Gasteiger partial charge in [0.2, 0.25) is 0 Å². The summed E-state index contributed by atoms with van der Waals surface area (Å²) < 4.78 is 39.0. The molecule has 18 heavy (non-hydrogen) atoms. The number of halogens is 3. The van der Waals surface area contributed by atoms with Gasteiger partial charge in [-0.2, -0.15) is 0 Å². The molecule has 1 unspecified atom stereocenters. The molecule has 100 valence electrons. The van der Waals surface area contributed by atoms with E-state index in [1.807, 2.05) is 6.92 Å². The quantitative estimate of drug-likeness (QED) is 0.630. The maximum absolute atomic E-state index is 13.3. The van der Waals surface area contributed by atoms with Gasteiger partial charge in [-0.05, 0) is 37.4 Å². The average Bonchev–Trinajstić information content (AvgIpc) is 2.34. The predicted octanol–water partition coefficient (Wildman–Crippen LogP) is 3.05. The first-order valence-electron chi connectivity index (χ1n) is 5.84. The van der Waals surface area contributed by atoms with Crippen molar-refractivity contribution in [2.24, 2.45) is 11.7 Å². The van der Waals surface area contributed by atoms with Gasteiger partial charge in [0.05, 0.1) is 5.56 Å². The van der Waals surface area contributed by atoms with Crippen molar-refractivity contribution in [3.05, 3.63) is 35.1 Å². The zero-order valence-electron chi connectivity index (χ0n) is 10.2. The first-order chi connectivity index (χ1) is 8.47. The van der Waals surface area contributed by atoms with E-state index in [4.69, 9.17) is 5.73 Å². The minimum atomic E-state index is -1.60. The molecule has 1 aromatic carbocycles. The molecule has 0 amide bonds. The van der Waals surface area contributed by atoms with Crippen LogP contribution < -0.4 is 5.73 Å². The van der Waals surface area contributed by atoms with Crippen molar-refractivity contribution in [3.8, 4) is 0 Å². The van der Waals surface area contributed by atoms with Crippen molar-refractivity contribution in [3.63, 3.8) is 0 Å². The van der Waals surface area contributed by atoms with E-state index in [1.54, 1.807) is 0 Å². The van der Waals surface area contributed by atoms with Crippen LogP contribution in [0.4, 0.5) is 13.2 Å². The van der Waals surface area contributed by atoms with E-state index in [0.29, 0.717) is 13.0 Å². The molecule has 0 aromatic heterocycles. The van der Waals surface area contributed by atoms with Crippen LogP contribution in [0.1, 0.15) is 36.5 Å². The number of carbonyl (C=O) groups excluding carboxylic acids is 1. The number of hydrogen-bond donors (Lipinski definition) is 1. The molecule has 0 aliphatic heterocycles. The number of Topliss-reactive ketones (excluding diaryl/α,β-unsaturated/α-hetero) is 1. The number of carbonyl (C=O) groups is 1. The van der Waals surface area contributed by atoms with Gasteiger partial charge in [-0.15, -0.1) is 0 Å². The van der Waals surface area contributed by atoms with Gasteiger partial charge in [0, 0.05) is 6.42 Å². The van der Waals surface area contributed by atoms with Crippen LogP contribution in [-0.4, -0.2) is 12.3 Å². The van der Waals surface area contributed by atoms with E-state index in [2.05, 4.69) is 0 Å². The first kappa shape index (κ1) is 14.7. The van der Waals surface area contributed by atoms with Crippen LogP contribution in [0, 0.1) is 23.4 Å². The van der Waals surface area contributed by atoms with Crippen LogP contribution in [0.5, 0.6) is 0 Å². The molecule has 0 radical (unpaired) electrons. The minimum Gasteiger partial charge on any atom is -0.330 e. The van der Waals surface area contributed by atoms with Crippen molar-refractivity contribution in [1.82, 2.24) is 0 Å². The molecular weight excluding hydrogens is 243 g/mol. The summed E-state index contributed by atoms with van der Waals surface area (Å²) in [7, 11) is 0. The van der Waals surface area contributed by atoms with E-state index in [9.17, 15) is 18.0 Å². The molecule has 2 N–H and O–H groups in total. The molecule has 0 saturated heterocycles. The van der Waals surface area contributed by atoms with Gasteiger partial charge in [-0.3, -0.25) is 4.79 Å². The maximum Gasteiger partial charge on any atom is 0.195 e. The fourth-order valence-corrected chi connectivity index (χ4v) is 1.68. The van der Waals surface area contributed by atoms with Gasteiger partial charge < -0.3 is 5.73 Å². The van der Waals surface area contributed by atoms with Gasteiger partial charge in [-0.1, -0.05) is 6.92 Å². The Morgan fingerprint density at radius 2 is 1.89 bits per heavy atom. The molecule has 1 aromatic rings. The molecule has 1 rings (SSSR count). The van der Waals surface area contributed by atoms with Crippen LogP contribution in [0.3, 0.4) is 0 Å². The van der Waals surface area contributed by atoms with E-state index >= 15 is 0 Å². The van der Waals surface area contributed by atoms with E-state index in [1.165, 1.54) is 0 Å². The smallest absolute Gasteiger partial charge is 0.195 e. The molecule has 2 nitrogen and oxygen atoms in total. The van der Waals surface area contributed by atoms with Gasteiger partial charge in [0.25, 0.3) is 0 Å². The Kier molecular flexibility index (Phi) is 5.34. The van der Waals surface area contributed by atoms with Gasteiger partial charge in [-0.25, -0.2) is 13.2 Å². The number of ketones is 1. The summed E-state index contributed by atoms with van der Waals surface area (Å²) in [6.07, 6.45) is 1.42. The standard InChI is InChI=1S/C13H16F3NO/c1-8(6-7-17)2-5-11(18)9-3-4-10(14)13(16)12(9)15/h3-4,8H,2,5-7,17H2,1H3. The van der Waals surface area contributed by atoms with Crippen LogP contribution in [0.25, 0.3) is 0 Å². The number of rotatable bonds is 6. The second-order valence-electron chi connectivity index (χ2n) is 4.37. The third-order valence-electron chi connectivity index (χ3n) is 2.86. The SMILES string of the molecule is CC(CCN)CCC(=O)c1ccc(F)c(F)c1F. The molecule has 0 spiro atoms. The summed E-state index contributed by atoms with van der Waals surface area (Å²) >= 11 is 0. The van der Waals surface area contributed by atoms with E-state index in [-0.39, 0.29) is 12.3 Å². The van der Waals surface area contributed by atoms with Crippen molar-refractivity contribution >= 4 is 5.78 Å². The lowest BCUT2D eigenvalue weighted by Gasteiger charge is -2.09. The molecule has 0 fully saturated rings. The topological polar surface area (TPSA) is 43.1 Å².